The van der Waals surface area contributed by atoms with E-state index in [4.69, 9.17) is 4.74 Å². The van der Waals surface area contributed by atoms with Crippen LogP contribution in [0.15, 0.2) is 23.7 Å². The van der Waals surface area contributed by atoms with Crippen LogP contribution in [-0.2, 0) is 25.7 Å². The summed E-state index contributed by atoms with van der Waals surface area (Å²) in [6, 6.07) is 3.90. The Morgan fingerprint density at radius 2 is 1.88 bits per heavy atom. The highest BCUT2D eigenvalue weighted by molar-refractivity contribution is 7.97. The molecule has 1 aliphatic heterocycles. The summed E-state index contributed by atoms with van der Waals surface area (Å²) in [5.74, 6) is -2.67. The fourth-order valence-electron chi connectivity index (χ4n) is 5.38. The average molecular weight is 730 g/mol. The molecule has 1 aromatic carbocycles. The summed E-state index contributed by atoms with van der Waals surface area (Å²) in [4.78, 5) is 57.4. The van der Waals surface area contributed by atoms with Crippen molar-refractivity contribution in [3.05, 3.63) is 35.0 Å². The number of benzene rings is 1. The first-order valence-corrected chi connectivity index (χ1v) is 18.1. The molecular weight excluding hydrogens is 687 g/mol. The van der Waals surface area contributed by atoms with Crippen LogP contribution in [-0.4, -0.2) is 76.3 Å². The van der Waals surface area contributed by atoms with Gasteiger partial charge in [0, 0.05) is 24.4 Å². The zero-order chi connectivity index (χ0) is 36.0. The van der Waals surface area contributed by atoms with Crippen LogP contribution in [0.3, 0.4) is 0 Å². The molecule has 2 unspecified atom stereocenters. The first-order valence-electron chi connectivity index (χ1n) is 16.2. The zero-order valence-electron chi connectivity index (χ0n) is 28.0. The number of aromatic nitrogens is 1. The number of amides is 4. The zero-order valence-corrected chi connectivity index (χ0v) is 29.6. The quantitative estimate of drug-likeness (QED) is 0.123. The molecule has 2 atom stereocenters. The van der Waals surface area contributed by atoms with Crippen molar-refractivity contribution in [1.29, 1.82) is 0 Å². The van der Waals surface area contributed by atoms with Gasteiger partial charge in [0.15, 0.2) is 5.67 Å². The lowest BCUT2D eigenvalue weighted by molar-refractivity contribution is -0.171. The molecule has 270 valence electrons. The van der Waals surface area contributed by atoms with Crippen LogP contribution >= 0.6 is 23.3 Å². The van der Waals surface area contributed by atoms with Crippen LogP contribution in [0.25, 0.3) is 10.4 Å². The van der Waals surface area contributed by atoms with Crippen molar-refractivity contribution in [2.75, 3.05) is 18.9 Å². The number of aryl methyl sites for hydroxylation is 1. The minimum Gasteiger partial charge on any atom is -0.493 e. The second-order valence-corrected chi connectivity index (χ2v) is 15.2. The largest absolute Gasteiger partial charge is 0.493 e. The summed E-state index contributed by atoms with van der Waals surface area (Å²) < 4.78 is 59.3. The molecule has 4 amide bonds. The van der Waals surface area contributed by atoms with Crippen LogP contribution in [0.1, 0.15) is 77.0 Å². The van der Waals surface area contributed by atoms with Crippen LogP contribution in [0, 0.1) is 12.3 Å². The summed E-state index contributed by atoms with van der Waals surface area (Å²) in [7, 11) is 0. The van der Waals surface area contributed by atoms with Gasteiger partial charge in [-0.25, -0.2) is 9.37 Å². The van der Waals surface area contributed by atoms with Gasteiger partial charge in [-0.1, -0.05) is 44.9 Å². The number of halogens is 4. The van der Waals surface area contributed by atoms with Crippen LogP contribution in [0.4, 0.5) is 17.6 Å². The molecule has 1 aromatic heterocycles. The lowest BCUT2D eigenvalue weighted by atomic mass is 9.85. The highest BCUT2D eigenvalue weighted by Gasteiger charge is 2.53. The standard InChI is InChI=1S/C33H43F4N5O5S2/c1-20-25(48-19-39-20)21-10-11-22(24(17-21)47-15-6-5-7-16-49-41-30(46)33(35,36)37)18-38-27(43)23-9-8-14-42(23)28(44)26(31(2,3)4)40-29(45)32(34)12-13-32/h10-11,17,19,23,26H,5-9,12-16,18H2,1-4H3,(H,38,43)(H,40,45)(H,41,46). The van der Waals surface area contributed by atoms with Crippen molar-refractivity contribution in [3.8, 4) is 16.2 Å². The molecule has 16 heteroatoms. The molecule has 2 fully saturated rings. The molecule has 1 aliphatic carbocycles. The van der Waals surface area contributed by atoms with Crippen molar-refractivity contribution < 1.29 is 41.5 Å². The van der Waals surface area contributed by atoms with Gasteiger partial charge in [0.05, 0.1) is 22.7 Å². The van der Waals surface area contributed by atoms with Crippen LogP contribution in [0.5, 0.6) is 5.75 Å². The lowest BCUT2D eigenvalue weighted by Crippen LogP contribution is -2.58. The fraction of sp³-hybridized carbons (Fsp3) is 0.606. The van der Waals surface area contributed by atoms with Crippen molar-refractivity contribution in [1.82, 2.24) is 25.2 Å². The number of thiazole rings is 1. The average Bonchev–Trinajstić information content (AvgIpc) is 3.39. The summed E-state index contributed by atoms with van der Waals surface area (Å²) in [5, 5.41) is 5.56. The molecule has 0 radical (unpaired) electrons. The van der Waals surface area contributed by atoms with Gasteiger partial charge in [0.2, 0.25) is 11.8 Å². The Hall–Kier alpha value is -3.40. The number of nitrogens with zero attached hydrogens (tertiary/aromatic N) is 2. The predicted molar refractivity (Wildman–Crippen MR) is 179 cm³/mol. The maximum Gasteiger partial charge on any atom is 0.472 e. The summed E-state index contributed by atoms with van der Waals surface area (Å²) in [6.07, 6.45) is -1.77. The minimum absolute atomic E-state index is 0.119. The van der Waals surface area contributed by atoms with E-state index in [0.717, 1.165) is 16.1 Å². The monoisotopic (exact) mass is 729 g/mol. The Morgan fingerprint density at radius 1 is 1.14 bits per heavy atom. The number of likely N-dealkylation sites (tertiary alicyclic amines) is 1. The fourth-order valence-corrected chi connectivity index (χ4v) is 6.88. The van der Waals surface area contributed by atoms with Gasteiger partial charge in [-0.3, -0.25) is 23.9 Å². The number of nitrogens with one attached hydrogen (secondary N) is 3. The normalized spacial score (nSPS) is 17.7. The Balaban J connectivity index is 1.36. The first-order chi connectivity index (χ1) is 23.0. The van der Waals surface area contributed by atoms with Gasteiger partial charge in [-0.15, -0.1) is 11.3 Å². The Kier molecular flexibility index (Phi) is 12.6. The molecule has 1 saturated heterocycles. The highest BCUT2D eigenvalue weighted by atomic mass is 32.2. The molecule has 49 heavy (non-hydrogen) atoms. The van der Waals surface area contributed by atoms with Gasteiger partial charge in [-0.05, 0) is 68.9 Å². The number of carbonyl (C=O) groups is 4. The number of unbranched alkanes of at least 4 members (excludes halogenated alkanes) is 2. The van der Waals surface area contributed by atoms with E-state index in [9.17, 15) is 36.7 Å². The van der Waals surface area contributed by atoms with Crippen molar-refractivity contribution >= 4 is 46.9 Å². The van der Waals surface area contributed by atoms with E-state index in [1.54, 1.807) is 31.0 Å². The Morgan fingerprint density at radius 3 is 2.51 bits per heavy atom. The molecule has 0 spiro atoms. The van der Waals surface area contributed by atoms with Gasteiger partial charge in [0.1, 0.15) is 17.8 Å². The van der Waals surface area contributed by atoms with E-state index in [-0.39, 0.29) is 25.3 Å². The minimum atomic E-state index is -4.91. The molecule has 2 aromatic rings. The lowest BCUT2D eigenvalue weighted by Gasteiger charge is -2.35. The Bertz CT molecular complexity index is 1510. The molecule has 2 heterocycles. The van der Waals surface area contributed by atoms with Gasteiger partial charge in [0.25, 0.3) is 5.91 Å². The van der Waals surface area contributed by atoms with E-state index in [1.807, 2.05) is 25.1 Å². The topological polar surface area (TPSA) is 130 Å². The van der Waals surface area contributed by atoms with E-state index >= 15 is 0 Å². The van der Waals surface area contributed by atoms with Crippen molar-refractivity contribution in [3.63, 3.8) is 0 Å². The smallest absolute Gasteiger partial charge is 0.472 e. The highest BCUT2D eigenvalue weighted by Crippen LogP contribution is 2.40. The van der Waals surface area contributed by atoms with Gasteiger partial charge >= 0.3 is 12.1 Å². The van der Waals surface area contributed by atoms with Gasteiger partial charge in [-0.2, -0.15) is 13.2 Å². The number of alkyl halides is 4. The predicted octanol–water partition coefficient (Wildman–Crippen LogP) is 5.63. The second kappa shape index (κ2) is 16.1. The summed E-state index contributed by atoms with van der Waals surface area (Å²) in [6.45, 7) is 8.04. The van der Waals surface area contributed by atoms with E-state index in [0.29, 0.717) is 74.3 Å². The number of ether oxygens (including phenoxy) is 1. The molecule has 10 nitrogen and oxygen atoms in total. The molecule has 1 saturated carbocycles. The van der Waals surface area contributed by atoms with Crippen molar-refractivity contribution in [2.45, 2.75) is 103 Å². The molecular formula is C33H43F4N5O5S2. The number of rotatable bonds is 15. The van der Waals surface area contributed by atoms with E-state index < -0.39 is 47.1 Å². The summed E-state index contributed by atoms with van der Waals surface area (Å²) in [5.41, 5.74) is 1.57. The maximum atomic E-state index is 14.5. The number of carbonyl (C=O) groups excluding carboxylic acids is 4. The molecule has 3 N–H and O–H groups in total. The third kappa shape index (κ3) is 10.3. The van der Waals surface area contributed by atoms with Crippen molar-refractivity contribution in [2.24, 2.45) is 5.41 Å². The molecule has 4 rings (SSSR count). The molecule has 2 aliphatic rings. The van der Waals surface area contributed by atoms with E-state index in [1.165, 1.54) is 16.2 Å². The third-order valence-electron chi connectivity index (χ3n) is 8.42. The number of hydrogen-bond acceptors (Lipinski definition) is 8. The van der Waals surface area contributed by atoms with Crippen LogP contribution < -0.4 is 20.1 Å². The van der Waals surface area contributed by atoms with Crippen LogP contribution in [0.2, 0.25) is 0 Å². The third-order valence-corrected chi connectivity index (χ3v) is 10.2. The summed E-state index contributed by atoms with van der Waals surface area (Å²) >= 11 is 2.20. The Labute approximate surface area is 291 Å². The number of hydrogen-bond donors (Lipinski definition) is 3. The maximum absolute atomic E-state index is 14.5. The van der Waals surface area contributed by atoms with E-state index in [2.05, 4.69) is 15.6 Å². The van der Waals surface area contributed by atoms with Gasteiger partial charge < -0.3 is 20.3 Å². The molecule has 0 bridgehead atoms. The first kappa shape index (κ1) is 38.4. The second-order valence-electron chi connectivity index (χ2n) is 13.4. The SMILES string of the molecule is Cc1ncsc1-c1ccc(CNC(=O)C2CCCN2C(=O)C(NC(=O)C2(F)CC2)C(C)(C)C)c(OCCCCCSNC(=O)C(F)(F)F)c1.